The number of aryl methyl sites for hydroxylation is 1. The van der Waals surface area contributed by atoms with E-state index in [4.69, 9.17) is 4.42 Å². The highest BCUT2D eigenvalue weighted by Crippen LogP contribution is 2.12. The first-order chi connectivity index (χ1) is 10.6. The molecule has 0 saturated carbocycles. The van der Waals surface area contributed by atoms with E-state index in [2.05, 4.69) is 10.3 Å². The zero-order chi connectivity index (χ0) is 15.5. The average Bonchev–Trinajstić information content (AvgIpc) is 2.92. The summed E-state index contributed by atoms with van der Waals surface area (Å²) < 4.78 is 5.16. The predicted molar refractivity (Wildman–Crippen MR) is 85.4 cm³/mol. The summed E-state index contributed by atoms with van der Waals surface area (Å²) in [6, 6.07) is 8.66. The molecule has 112 valence electrons. The third kappa shape index (κ3) is 3.07. The zero-order valence-electron chi connectivity index (χ0n) is 12.0. The monoisotopic (exact) mass is 314 g/mol. The third-order valence-electron chi connectivity index (χ3n) is 3.18. The van der Waals surface area contributed by atoms with Crippen molar-refractivity contribution in [1.29, 1.82) is 0 Å². The lowest BCUT2D eigenvalue weighted by atomic mass is 10.2. The van der Waals surface area contributed by atoms with Gasteiger partial charge >= 0.3 is 5.63 Å². The van der Waals surface area contributed by atoms with Crippen molar-refractivity contribution >= 4 is 28.2 Å². The fourth-order valence-corrected chi connectivity index (χ4v) is 2.89. The minimum absolute atomic E-state index is 0.0222. The highest BCUT2D eigenvalue weighted by Gasteiger charge is 2.13. The molecule has 2 heterocycles. The van der Waals surface area contributed by atoms with E-state index in [1.54, 1.807) is 35.6 Å². The number of carbonyl (C=O) groups is 1. The maximum Gasteiger partial charge on any atom is 0.349 e. The number of carbonyl (C=O) groups excluding carboxylic acids is 1. The Bertz CT molecular complexity index is 882. The molecule has 22 heavy (non-hydrogen) atoms. The minimum atomic E-state index is -0.624. The predicted octanol–water partition coefficient (Wildman–Crippen LogP) is 2.53. The Labute approximate surface area is 130 Å². The first-order valence-electron chi connectivity index (χ1n) is 6.85. The van der Waals surface area contributed by atoms with Gasteiger partial charge in [0, 0.05) is 29.4 Å². The maximum absolute atomic E-state index is 12.1. The van der Waals surface area contributed by atoms with Crippen molar-refractivity contribution in [3.8, 4) is 0 Å². The molecule has 0 aliphatic heterocycles. The smallest absolute Gasteiger partial charge is 0.349 e. The number of aromatic nitrogens is 1. The number of nitrogens with zero attached hydrogens (tertiary/aromatic N) is 1. The Hall–Kier alpha value is -2.47. The van der Waals surface area contributed by atoms with Gasteiger partial charge < -0.3 is 9.73 Å². The van der Waals surface area contributed by atoms with Crippen molar-refractivity contribution in [3.63, 3.8) is 0 Å². The normalized spacial score (nSPS) is 10.8. The van der Waals surface area contributed by atoms with E-state index >= 15 is 0 Å². The molecular formula is C16H14N2O3S. The summed E-state index contributed by atoms with van der Waals surface area (Å²) in [5.74, 6) is -0.423. The molecule has 0 spiro atoms. The van der Waals surface area contributed by atoms with Gasteiger partial charge in [0.05, 0.1) is 5.01 Å². The minimum Gasteiger partial charge on any atom is -0.422 e. The van der Waals surface area contributed by atoms with E-state index < -0.39 is 11.5 Å². The molecule has 0 fully saturated rings. The standard InChI is InChI=1S/C16H14N2O3S/c1-10-9-22-14(18-10)6-7-17-15(19)12-8-11-4-2-3-5-13(11)21-16(12)20/h2-5,8-9H,6-7H2,1H3,(H,17,19). The van der Waals surface area contributed by atoms with Crippen LogP contribution in [0.5, 0.6) is 0 Å². The molecule has 0 aliphatic rings. The van der Waals surface area contributed by atoms with E-state index in [-0.39, 0.29) is 5.56 Å². The SMILES string of the molecule is Cc1csc(CCNC(=O)c2cc3ccccc3oc2=O)n1. The van der Waals surface area contributed by atoms with Gasteiger partial charge in [-0.1, -0.05) is 18.2 Å². The van der Waals surface area contributed by atoms with E-state index in [1.165, 1.54) is 0 Å². The van der Waals surface area contributed by atoms with E-state index in [0.29, 0.717) is 18.5 Å². The Morgan fingerprint density at radius 2 is 2.18 bits per heavy atom. The fraction of sp³-hybridized carbons (Fsp3) is 0.188. The fourth-order valence-electron chi connectivity index (χ4n) is 2.12. The molecule has 1 amide bonds. The summed E-state index contributed by atoms with van der Waals surface area (Å²) in [7, 11) is 0. The topological polar surface area (TPSA) is 72.2 Å². The Morgan fingerprint density at radius 3 is 2.95 bits per heavy atom. The molecule has 0 bridgehead atoms. The van der Waals surface area contributed by atoms with Crippen molar-refractivity contribution < 1.29 is 9.21 Å². The summed E-state index contributed by atoms with van der Waals surface area (Å²) >= 11 is 1.56. The number of hydrogen-bond donors (Lipinski definition) is 1. The van der Waals surface area contributed by atoms with Gasteiger partial charge in [-0.3, -0.25) is 4.79 Å². The number of hydrogen-bond acceptors (Lipinski definition) is 5. The van der Waals surface area contributed by atoms with Crippen LogP contribution in [0.2, 0.25) is 0 Å². The quantitative estimate of drug-likeness (QED) is 0.751. The van der Waals surface area contributed by atoms with Crippen LogP contribution in [0, 0.1) is 6.92 Å². The van der Waals surface area contributed by atoms with Crippen LogP contribution in [0.3, 0.4) is 0 Å². The molecular weight excluding hydrogens is 300 g/mol. The highest BCUT2D eigenvalue weighted by molar-refractivity contribution is 7.09. The van der Waals surface area contributed by atoms with Crippen LogP contribution in [0.1, 0.15) is 21.1 Å². The van der Waals surface area contributed by atoms with Gasteiger partial charge in [0.2, 0.25) is 0 Å². The molecule has 2 aromatic heterocycles. The Balaban J connectivity index is 1.72. The van der Waals surface area contributed by atoms with Gasteiger partial charge in [0.25, 0.3) is 5.91 Å². The maximum atomic E-state index is 12.1. The zero-order valence-corrected chi connectivity index (χ0v) is 12.8. The second-order valence-electron chi connectivity index (χ2n) is 4.87. The summed E-state index contributed by atoms with van der Waals surface area (Å²) in [5, 5.41) is 6.38. The largest absolute Gasteiger partial charge is 0.422 e. The third-order valence-corrected chi connectivity index (χ3v) is 4.20. The van der Waals surface area contributed by atoms with Gasteiger partial charge in [-0.25, -0.2) is 9.78 Å². The molecule has 0 atom stereocenters. The summed E-state index contributed by atoms with van der Waals surface area (Å²) in [5.41, 5.74) is 0.846. The van der Waals surface area contributed by atoms with E-state index in [0.717, 1.165) is 16.1 Å². The van der Waals surface area contributed by atoms with Crippen molar-refractivity contribution in [2.24, 2.45) is 0 Å². The molecule has 1 aromatic carbocycles. The lowest BCUT2D eigenvalue weighted by Gasteiger charge is -2.04. The van der Waals surface area contributed by atoms with E-state index in [1.807, 2.05) is 18.4 Å². The highest BCUT2D eigenvalue weighted by atomic mass is 32.1. The van der Waals surface area contributed by atoms with Gasteiger partial charge in [0.15, 0.2) is 0 Å². The Morgan fingerprint density at radius 1 is 1.36 bits per heavy atom. The molecule has 0 aliphatic carbocycles. The number of para-hydroxylation sites is 1. The number of nitrogens with one attached hydrogen (secondary N) is 1. The van der Waals surface area contributed by atoms with Crippen LogP contribution in [0.25, 0.3) is 11.0 Å². The first kappa shape index (κ1) is 14.5. The van der Waals surface area contributed by atoms with Gasteiger partial charge in [0.1, 0.15) is 11.1 Å². The van der Waals surface area contributed by atoms with Crippen molar-refractivity contribution in [2.45, 2.75) is 13.3 Å². The second kappa shape index (κ2) is 6.11. The molecule has 3 rings (SSSR count). The number of amides is 1. The number of rotatable bonds is 4. The molecule has 3 aromatic rings. The molecule has 5 nitrogen and oxygen atoms in total. The van der Waals surface area contributed by atoms with Gasteiger partial charge in [-0.05, 0) is 19.1 Å². The molecule has 0 radical (unpaired) electrons. The summed E-state index contributed by atoms with van der Waals surface area (Å²) in [4.78, 5) is 28.3. The lowest BCUT2D eigenvalue weighted by Crippen LogP contribution is -2.29. The first-order valence-corrected chi connectivity index (χ1v) is 7.73. The Kier molecular flexibility index (Phi) is 4.02. The van der Waals surface area contributed by atoms with Crippen molar-refractivity contribution in [3.05, 3.63) is 62.4 Å². The van der Waals surface area contributed by atoms with Crippen molar-refractivity contribution in [2.75, 3.05) is 6.54 Å². The van der Waals surface area contributed by atoms with E-state index in [9.17, 15) is 9.59 Å². The molecule has 6 heteroatoms. The van der Waals surface area contributed by atoms with Crippen LogP contribution >= 0.6 is 11.3 Å². The van der Waals surface area contributed by atoms with Crippen LogP contribution in [0.4, 0.5) is 0 Å². The summed E-state index contributed by atoms with van der Waals surface area (Å²) in [6.07, 6.45) is 0.642. The summed E-state index contributed by atoms with van der Waals surface area (Å²) in [6.45, 7) is 2.36. The average molecular weight is 314 g/mol. The molecule has 1 N–H and O–H groups in total. The second-order valence-corrected chi connectivity index (χ2v) is 5.82. The molecule has 0 saturated heterocycles. The number of benzene rings is 1. The van der Waals surface area contributed by atoms with Gasteiger partial charge in [-0.2, -0.15) is 0 Å². The van der Waals surface area contributed by atoms with Crippen LogP contribution < -0.4 is 10.9 Å². The van der Waals surface area contributed by atoms with Crippen LogP contribution in [0.15, 0.2) is 44.9 Å². The van der Waals surface area contributed by atoms with Crippen LogP contribution in [-0.4, -0.2) is 17.4 Å². The molecule has 0 unspecified atom stereocenters. The number of thiazole rings is 1. The van der Waals surface area contributed by atoms with Crippen molar-refractivity contribution in [1.82, 2.24) is 10.3 Å². The van der Waals surface area contributed by atoms with Crippen LogP contribution in [-0.2, 0) is 6.42 Å². The number of fused-ring (bicyclic) bond motifs is 1. The van der Waals surface area contributed by atoms with Gasteiger partial charge in [-0.15, -0.1) is 11.3 Å². The lowest BCUT2D eigenvalue weighted by molar-refractivity contribution is 0.0950.